The van der Waals surface area contributed by atoms with Crippen molar-refractivity contribution in [2.24, 2.45) is 0 Å². The minimum absolute atomic E-state index is 0.265. The van der Waals surface area contributed by atoms with Crippen LogP contribution < -0.4 is 11.2 Å². The normalized spacial score (nSPS) is 27.2. The van der Waals surface area contributed by atoms with Gasteiger partial charge in [-0.2, -0.15) is 0 Å². The molecule has 13 nitrogen and oxygen atoms in total. The summed E-state index contributed by atoms with van der Waals surface area (Å²) in [6.45, 7) is 4.60. The third-order valence-electron chi connectivity index (χ3n) is 4.03. The smallest absolute Gasteiger partial charge is 0.374 e. The van der Waals surface area contributed by atoms with Crippen LogP contribution in [0.3, 0.4) is 0 Å². The third kappa shape index (κ3) is 6.94. The molecule has 1 aliphatic rings. The van der Waals surface area contributed by atoms with Crippen LogP contribution in [0.4, 0.5) is 0 Å². The SMILES string of the molecule is CO[C@H]1C(OP(=O)(O)OC(C)(C)C)[C@@H](CCP(=O)(O)O)O[C@H]1n1ccc(=O)[nH]c1=O. The first-order valence-electron chi connectivity index (χ1n) is 8.88. The molecule has 2 unspecified atom stereocenters. The minimum Gasteiger partial charge on any atom is -0.374 e. The lowest BCUT2D eigenvalue weighted by Gasteiger charge is -2.28. The van der Waals surface area contributed by atoms with Gasteiger partial charge in [-0.05, 0) is 27.2 Å². The molecule has 0 radical (unpaired) electrons. The lowest BCUT2D eigenvalue weighted by Crippen LogP contribution is -2.39. The van der Waals surface area contributed by atoms with Gasteiger partial charge >= 0.3 is 21.1 Å². The summed E-state index contributed by atoms with van der Waals surface area (Å²) in [6.07, 6.45) is -4.51. The summed E-state index contributed by atoms with van der Waals surface area (Å²) < 4.78 is 46.1. The first-order chi connectivity index (χ1) is 13.6. The summed E-state index contributed by atoms with van der Waals surface area (Å²) in [5.41, 5.74) is -2.52. The van der Waals surface area contributed by atoms with E-state index in [0.717, 1.165) is 16.8 Å². The van der Waals surface area contributed by atoms with Crippen LogP contribution in [0.2, 0.25) is 0 Å². The van der Waals surface area contributed by atoms with E-state index in [1.807, 2.05) is 4.98 Å². The lowest BCUT2D eigenvalue weighted by molar-refractivity contribution is -0.0547. The third-order valence-corrected chi connectivity index (χ3v) is 6.16. The number of rotatable bonds is 8. The summed E-state index contributed by atoms with van der Waals surface area (Å²) in [5.74, 6) is 0. The molecular weight excluding hydrogens is 446 g/mol. The van der Waals surface area contributed by atoms with Crippen molar-refractivity contribution in [1.82, 2.24) is 9.55 Å². The second-order valence-electron chi connectivity index (χ2n) is 7.70. The quantitative estimate of drug-likeness (QED) is 0.382. The molecule has 15 heteroatoms. The van der Waals surface area contributed by atoms with Crippen molar-refractivity contribution >= 4 is 15.4 Å². The Morgan fingerprint density at radius 1 is 1.20 bits per heavy atom. The van der Waals surface area contributed by atoms with Crippen LogP contribution in [0.1, 0.15) is 33.4 Å². The highest BCUT2D eigenvalue weighted by atomic mass is 31.2. The van der Waals surface area contributed by atoms with E-state index in [2.05, 4.69) is 0 Å². The topological polar surface area (TPSA) is 187 Å². The van der Waals surface area contributed by atoms with Gasteiger partial charge in [0.1, 0.15) is 12.2 Å². The average molecular weight is 472 g/mol. The van der Waals surface area contributed by atoms with E-state index < -0.39 is 63.0 Å². The van der Waals surface area contributed by atoms with Gasteiger partial charge in [0, 0.05) is 19.4 Å². The Morgan fingerprint density at radius 2 is 1.83 bits per heavy atom. The molecule has 0 aromatic carbocycles. The largest absolute Gasteiger partial charge is 0.473 e. The number of aromatic amines is 1. The monoisotopic (exact) mass is 472 g/mol. The van der Waals surface area contributed by atoms with Gasteiger partial charge in [-0.3, -0.25) is 28.0 Å². The first-order valence-corrected chi connectivity index (χ1v) is 12.2. The second-order valence-corrected chi connectivity index (χ2v) is 10.8. The zero-order valence-corrected chi connectivity index (χ0v) is 18.6. The van der Waals surface area contributed by atoms with E-state index in [0.29, 0.717) is 0 Å². The Hall–Kier alpha value is -1.14. The van der Waals surface area contributed by atoms with Crippen LogP contribution in [0.25, 0.3) is 0 Å². The molecule has 1 aromatic rings. The number of nitrogens with zero attached hydrogens (tertiary/aromatic N) is 1. The summed E-state index contributed by atoms with van der Waals surface area (Å²) in [5, 5.41) is 0. The maximum Gasteiger partial charge on any atom is 0.473 e. The fourth-order valence-corrected chi connectivity index (χ4v) is 4.88. The van der Waals surface area contributed by atoms with Gasteiger partial charge in [0.2, 0.25) is 0 Å². The van der Waals surface area contributed by atoms with Gasteiger partial charge in [0.25, 0.3) is 5.56 Å². The number of hydrogen-bond donors (Lipinski definition) is 4. The molecule has 172 valence electrons. The molecular formula is C15H26N2O11P2. The Balaban J connectivity index is 2.39. The predicted octanol–water partition coefficient (Wildman–Crippen LogP) is 0.318. The molecule has 4 N–H and O–H groups in total. The van der Waals surface area contributed by atoms with E-state index in [-0.39, 0.29) is 6.42 Å². The minimum atomic E-state index is -4.65. The summed E-state index contributed by atoms with van der Waals surface area (Å²) in [7, 11) is -7.83. The van der Waals surface area contributed by atoms with Gasteiger partial charge in [-0.1, -0.05) is 0 Å². The zero-order valence-electron chi connectivity index (χ0n) is 16.8. The van der Waals surface area contributed by atoms with Crippen molar-refractivity contribution in [3.8, 4) is 0 Å². The first kappa shape index (κ1) is 25.1. The highest BCUT2D eigenvalue weighted by Gasteiger charge is 2.50. The van der Waals surface area contributed by atoms with Crippen molar-refractivity contribution in [1.29, 1.82) is 0 Å². The Kier molecular flexibility index (Phi) is 7.67. The molecule has 0 spiro atoms. The molecule has 5 atom stereocenters. The molecule has 0 amide bonds. The van der Waals surface area contributed by atoms with Gasteiger partial charge in [0.05, 0.1) is 17.9 Å². The highest BCUT2D eigenvalue weighted by molar-refractivity contribution is 7.51. The molecule has 0 saturated carbocycles. The Labute approximate surface area is 171 Å². The summed E-state index contributed by atoms with van der Waals surface area (Å²) >= 11 is 0. The van der Waals surface area contributed by atoms with Crippen LogP contribution in [-0.4, -0.2) is 61.4 Å². The van der Waals surface area contributed by atoms with E-state index >= 15 is 0 Å². The van der Waals surface area contributed by atoms with Crippen LogP contribution in [-0.2, 0) is 27.7 Å². The van der Waals surface area contributed by atoms with Crippen LogP contribution >= 0.6 is 15.4 Å². The molecule has 2 heterocycles. The summed E-state index contributed by atoms with van der Waals surface area (Å²) in [4.78, 5) is 54.1. The van der Waals surface area contributed by atoms with Crippen LogP contribution in [0.15, 0.2) is 21.9 Å². The number of hydrogen-bond acceptors (Lipinski definition) is 8. The number of nitrogens with one attached hydrogen (secondary N) is 1. The summed E-state index contributed by atoms with van der Waals surface area (Å²) in [6, 6.07) is 1.07. The second kappa shape index (κ2) is 9.15. The standard InChI is InChI=1S/C15H26N2O11P2/c1-15(2,3)28-30(23,24)27-11-9(6-8-29(20,21)22)26-13(12(11)25-4)17-7-5-10(18)16-14(17)19/h5,7,9,11-13H,6,8H2,1-4H3,(H,23,24)(H,16,18,19)(H2,20,21,22)/t9-,11?,12+,13-/m1/s1. The molecule has 1 fully saturated rings. The number of ether oxygens (including phenoxy) is 2. The number of aromatic nitrogens is 2. The Bertz CT molecular complexity index is 947. The van der Waals surface area contributed by atoms with Crippen molar-refractivity contribution in [3.05, 3.63) is 33.1 Å². The van der Waals surface area contributed by atoms with Gasteiger partial charge in [-0.15, -0.1) is 0 Å². The zero-order chi connectivity index (χ0) is 22.9. The molecule has 1 aromatic heterocycles. The molecule has 1 saturated heterocycles. The fourth-order valence-electron chi connectivity index (χ4n) is 2.99. The van der Waals surface area contributed by atoms with E-state index in [4.69, 9.17) is 18.5 Å². The van der Waals surface area contributed by atoms with Crippen molar-refractivity contribution < 1.29 is 42.3 Å². The fraction of sp³-hybridized carbons (Fsp3) is 0.733. The molecule has 2 rings (SSSR count). The maximum absolute atomic E-state index is 12.5. The predicted molar refractivity (Wildman–Crippen MR) is 103 cm³/mol. The van der Waals surface area contributed by atoms with Crippen molar-refractivity contribution in [2.75, 3.05) is 13.3 Å². The highest BCUT2D eigenvalue weighted by Crippen LogP contribution is 2.52. The van der Waals surface area contributed by atoms with Crippen LogP contribution in [0, 0.1) is 0 Å². The average Bonchev–Trinajstić information content (AvgIpc) is 2.86. The number of phosphoric ester groups is 1. The van der Waals surface area contributed by atoms with E-state index in [1.165, 1.54) is 27.9 Å². The van der Waals surface area contributed by atoms with Crippen molar-refractivity contribution in [3.63, 3.8) is 0 Å². The lowest BCUT2D eigenvalue weighted by atomic mass is 10.1. The van der Waals surface area contributed by atoms with Gasteiger partial charge in [0.15, 0.2) is 6.23 Å². The van der Waals surface area contributed by atoms with E-state index in [9.17, 15) is 33.4 Å². The van der Waals surface area contributed by atoms with Gasteiger partial charge < -0.3 is 24.2 Å². The Morgan fingerprint density at radius 3 is 2.33 bits per heavy atom. The number of methoxy groups -OCH3 is 1. The number of phosphoric acid groups is 1. The van der Waals surface area contributed by atoms with E-state index in [1.54, 1.807) is 0 Å². The number of H-pyrrole nitrogens is 1. The van der Waals surface area contributed by atoms with Crippen molar-refractivity contribution in [2.45, 2.75) is 57.3 Å². The molecule has 0 bridgehead atoms. The molecule has 0 aliphatic carbocycles. The molecule has 1 aliphatic heterocycles. The molecule has 30 heavy (non-hydrogen) atoms. The van der Waals surface area contributed by atoms with Gasteiger partial charge in [-0.25, -0.2) is 9.36 Å². The van der Waals surface area contributed by atoms with Crippen LogP contribution in [0.5, 0.6) is 0 Å². The maximum atomic E-state index is 12.5.